The molecule has 6 heteroatoms. The number of amides is 1. The number of carbonyl (C=O) groups excluding carboxylic acids is 1. The Labute approximate surface area is 120 Å². The van der Waals surface area contributed by atoms with Crippen molar-refractivity contribution in [1.82, 2.24) is 5.32 Å². The van der Waals surface area contributed by atoms with E-state index in [9.17, 15) is 9.18 Å². The number of anilines is 1. The van der Waals surface area contributed by atoms with E-state index in [2.05, 4.69) is 10.7 Å². The number of hydrogen-bond acceptors (Lipinski definition) is 4. The number of hydrazine groups is 1. The molecule has 0 saturated carbocycles. The zero-order chi connectivity index (χ0) is 14.7. The van der Waals surface area contributed by atoms with Crippen molar-refractivity contribution >= 4 is 22.9 Å². The molecule has 1 amide bonds. The van der Waals surface area contributed by atoms with E-state index in [0.29, 0.717) is 6.54 Å². The fourth-order valence-electron chi connectivity index (χ4n) is 1.86. The van der Waals surface area contributed by atoms with E-state index in [0.717, 1.165) is 4.88 Å². The summed E-state index contributed by atoms with van der Waals surface area (Å²) >= 11 is 1.64. The number of rotatable bonds is 4. The molecule has 0 aliphatic heterocycles. The highest BCUT2D eigenvalue weighted by Gasteiger charge is 2.14. The molecular formula is C14H16FN3OS. The van der Waals surface area contributed by atoms with Gasteiger partial charge in [0.25, 0.3) is 5.91 Å². The average Bonchev–Trinajstić information content (AvgIpc) is 2.75. The minimum atomic E-state index is -0.553. The topological polar surface area (TPSA) is 67.2 Å². The zero-order valence-electron chi connectivity index (χ0n) is 11.3. The van der Waals surface area contributed by atoms with Gasteiger partial charge < -0.3 is 10.7 Å². The number of benzene rings is 1. The second kappa shape index (κ2) is 6.02. The lowest BCUT2D eigenvalue weighted by atomic mass is 10.1. The largest absolute Gasteiger partial charge is 0.347 e. The number of hydrogen-bond donors (Lipinski definition) is 3. The van der Waals surface area contributed by atoms with Crippen LogP contribution in [0.1, 0.15) is 25.7 Å². The molecule has 1 heterocycles. The van der Waals surface area contributed by atoms with Crippen molar-refractivity contribution in [3.63, 3.8) is 0 Å². The molecule has 1 aromatic carbocycles. The Bertz CT molecular complexity index is 620. The van der Waals surface area contributed by atoms with Crippen molar-refractivity contribution in [1.29, 1.82) is 0 Å². The Morgan fingerprint density at radius 1 is 1.40 bits per heavy atom. The average molecular weight is 293 g/mol. The lowest BCUT2D eigenvalue weighted by Gasteiger charge is -2.09. The van der Waals surface area contributed by atoms with Gasteiger partial charge in [-0.2, -0.15) is 0 Å². The first kappa shape index (κ1) is 14.5. The first-order chi connectivity index (χ1) is 9.52. The van der Waals surface area contributed by atoms with Crippen LogP contribution in [-0.4, -0.2) is 5.91 Å². The quantitative estimate of drug-likeness (QED) is 0.600. The molecule has 0 bridgehead atoms. The lowest BCUT2D eigenvalue weighted by Crippen LogP contribution is -2.25. The van der Waals surface area contributed by atoms with Gasteiger partial charge in [-0.15, -0.1) is 11.3 Å². The van der Waals surface area contributed by atoms with Gasteiger partial charge >= 0.3 is 0 Å². The Balaban J connectivity index is 2.11. The number of nitrogens with two attached hydrogens (primary N) is 1. The highest BCUT2D eigenvalue weighted by Crippen LogP contribution is 2.21. The molecule has 0 aliphatic rings. The number of thiophene rings is 1. The molecule has 4 nitrogen and oxygen atoms in total. The Hall–Kier alpha value is -1.92. The summed E-state index contributed by atoms with van der Waals surface area (Å²) in [7, 11) is 0. The molecule has 2 rings (SSSR count). The van der Waals surface area contributed by atoms with Gasteiger partial charge in [0.2, 0.25) is 0 Å². The van der Waals surface area contributed by atoms with Crippen LogP contribution in [0.15, 0.2) is 24.3 Å². The SMILES string of the molecule is Cc1cc(CNC(=O)c2cccc(F)c2NN)sc1C. The molecule has 4 N–H and O–H groups in total. The molecule has 0 fully saturated rings. The van der Waals surface area contributed by atoms with Crippen molar-refractivity contribution in [3.05, 3.63) is 51.0 Å². The van der Waals surface area contributed by atoms with E-state index in [1.165, 1.54) is 28.6 Å². The first-order valence-electron chi connectivity index (χ1n) is 6.12. The van der Waals surface area contributed by atoms with Gasteiger partial charge in [0.05, 0.1) is 17.8 Å². The summed E-state index contributed by atoms with van der Waals surface area (Å²) in [6.07, 6.45) is 0. The van der Waals surface area contributed by atoms with Crippen LogP contribution in [0.5, 0.6) is 0 Å². The molecule has 0 radical (unpaired) electrons. The third-order valence-corrected chi connectivity index (χ3v) is 4.20. The molecule has 0 aliphatic carbocycles. The highest BCUT2D eigenvalue weighted by molar-refractivity contribution is 7.12. The summed E-state index contributed by atoms with van der Waals surface area (Å²) in [6, 6.07) is 6.29. The number of carbonyl (C=O) groups is 1. The molecule has 1 aromatic heterocycles. The van der Waals surface area contributed by atoms with E-state index in [1.807, 2.05) is 19.9 Å². The van der Waals surface area contributed by atoms with E-state index in [4.69, 9.17) is 5.84 Å². The Morgan fingerprint density at radius 2 is 2.15 bits per heavy atom. The summed E-state index contributed by atoms with van der Waals surface area (Å²) in [6.45, 7) is 4.48. The normalized spacial score (nSPS) is 10.4. The molecular weight excluding hydrogens is 277 g/mol. The summed E-state index contributed by atoms with van der Waals surface area (Å²) in [5, 5.41) is 2.77. The fourth-order valence-corrected chi connectivity index (χ4v) is 2.85. The van der Waals surface area contributed by atoms with Gasteiger partial charge in [-0.05, 0) is 37.6 Å². The van der Waals surface area contributed by atoms with Crippen LogP contribution in [0.25, 0.3) is 0 Å². The second-order valence-electron chi connectivity index (χ2n) is 4.44. The van der Waals surface area contributed by atoms with Crippen LogP contribution in [0, 0.1) is 19.7 Å². The lowest BCUT2D eigenvalue weighted by molar-refractivity contribution is 0.0951. The van der Waals surface area contributed by atoms with Crippen molar-refractivity contribution < 1.29 is 9.18 Å². The van der Waals surface area contributed by atoms with Crippen molar-refractivity contribution in [2.75, 3.05) is 5.43 Å². The highest BCUT2D eigenvalue weighted by atomic mass is 32.1. The van der Waals surface area contributed by atoms with Crippen LogP contribution < -0.4 is 16.6 Å². The smallest absolute Gasteiger partial charge is 0.253 e. The van der Waals surface area contributed by atoms with Crippen LogP contribution in [-0.2, 0) is 6.54 Å². The van der Waals surface area contributed by atoms with Crippen LogP contribution in [0.2, 0.25) is 0 Å². The predicted octanol–water partition coefficient (Wildman–Crippen LogP) is 2.72. The van der Waals surface area contributed by atoms with Crippen LogP contribution in [0.3, 0.4) is 0 Å². The predicted molar refractivity (Wildman–Crippen MR) is 79.2 cm³/mol. The number of aryl methyl sites for hydroxylation is 2. The fraction of sp³-hybridized carbons (Fsp3) is 0.214. The summed E-state index contributed by atoms with van der Waals surface area (Å²) in [5.41, 5.74) is 3.62. The van der Waals surface area contributed by atoms with E-state index in [-0.39, 0.29) is 17.2 Å². The molecule has 0 saturated heterocycles. The zero-order valence-corrected chi connectivity index (χ0v) is 12.1. The Morgan fingerprint density at radius 3 is 2.75 bits per heavy atom. The third kappa shape index (κ3) is 2.97. The van der Waals surface area contributed by atoms with Gasteiger partial charge in [-0.1, -0.05) is 6.07 Å². The Kier molecular flexibility index (Phi) is 4.36. The summed E-state index contributed by atoms with van der Waals surface area (Å²) < 4.78 is 13.5. The van der Waals surface area contributed by atoms with Crippen molar-refractivity contribution in [2.24, 2.45) is 5.84 Å². The number of nitrogen functional groups attached to an aromatic ring is 1. The van der Waals surface area contributed by atoms with Crippen LogP contribution in [0.4, 0.5) is 10.1 Å². The minimum absolute atomic E-state index is 0.00328. The third-order valence-electron chi connectivity index (χ3n) is 3.04. The maximum atomic E-state index is 13.5. The van der Waals surface area contributed by atoms with E-state index < -0.39 is 5.82 Å². The maximum absolute atomic E-state index is 13.5. The minimum Gasteiger partial charge on any atom is -0.347 e. The van der Waals surface area contributed by atoms with Gasteiger partial charge in [-0.25, -0.2) is 4.39 Å². The van der Waals surface area contributed by atoms with Gasteiger partial charge in [0.15, 0.2) is 0 Å². The van der Waals surface area contributed by atoms with Crippen LogP contribution >= 0.6 is 11.3 Å². The van der Waals surface area contributed by atoms with Crippen molar-refractivity contribution in [3.8, 4) is 0 Å². The number of para-hydroxylation sites is 1. The molecule has 0 unspecified atom stereocenters. The maximum Gasteiger partial charge on any atom is 0.253 e. The van der Waals surface area contributed by atoms with Gasteiger partial charge in [0.1, 0.15) is 5.82 Å². The second-order valence-corrected chi connectivity index (χ2v) is 5.78. The standard InChI is InChI=1S/C14H16FN3OS/c1-8-6-10(20-9(8)2)7-17-14(19)11-4-3-5-12(15)13(11)18-16/h3-6,18H,7,16H2,1-2H3,(H,17,19). The van der Waals surface area contributed by atoms with Gasteiger partial charge in [0, 0.05) is 9.75 Å². The molecule has 20 heavy (non-hydrogen) atoms. The molecule has 0 spiro atoms. The van der Waals surface area contributed by atoms with Gasteiger partial charge in [-0.3, -0.25) is 10.6 Å². The monoisotopic (exact) mass is 293 g/mol. The molecule has 0 atom stereocenters. The molecule has 106 valence electrons. The summed E-state index contributed by atoms with van der Waals surface area (Å²) in [5.74, 6) is 4.34. The van der Waals surface area contributed by atoms with Crippen molar-refractivity contribution in [2.45, 2.75) is 20.4 Å². The van der Waals surface area contributed by atoms with E-state index in [1.54, 1.807) is 11.3 Å². The first-order valence-corrected chi connectivity index (χ1v) is 6.94. The summed E-state index contributed by atoms with van der Waals surface area (Å²) in [4.78, 5) is 14.4. The number of halogens is 1. The number of nitrogens with one attached hydrogen (secondary N) is 2. The molecule has 2 aromatic rings. The van der Waals surface area contributed by atoms with E-state index >= 15 is 0 Å².